The van der Waals surface area contributed by atoms with E-state index in [4.69, 9.17) is 9.97 Å². The molecule has 180 valence electrons. The van der Waals surface area contributed by atoms with Crippen molar-refractivity contribution in [2.45, 2.75) is 0 Å². The van der Waals surface area contributed by atoms with Crippen molar-refractivity contribution in [2.75, 3.05) is 5.32 Å². The average molecular weight is 491 g/mol. The molecular formula is C32H22N6. The van der Waals surface area contributed by atoms with E-state index in [-0.39, 0.29) is 0 Å². The van der Waals surface area contributed by atoms with Crippen LogP contribution in [-0.4, -0.2) is 24.5 Å². The number of hydrogen-bond acceptors (Lipinski definition) is 5. The van der Waals surface area contributed by atoms with Crippen LogP contribution in [0.1, 0.15) is 0 Å². The van der Waals surface area contributed by atoms with E-state index in [2.05, 4.69) is 56.3 Å². The number of hydrogen-bond donors (Lipinski definition) is 1. The van der Waals surface area contributed by atoms with E-state index in [1.54, 1.807) is 6.20 Å². The van der Waals surface area contributed by atoms with Gasteiger partial charge in [0.25, 0.3) is 0 Å². The molecule has 7 aromatic rings. The van der Waals surface area contributed by atoms with Crippen molar-refractivity contribution in [1.82, 2.24) is 24.5 Å². The smallest absolute Gasteiger partial charge is 0.146 e. The van der Waals surface area contributed by atoms with E-state index >= 15 is 0 Å². The second-order valence-electron chi connectivity index (χ2n) is 8.93. The van der Waals surface area contributed by atoms with Crippen molar-refractivity contribution in [3.63, 3.8) is 0 Å². The zero-order valence-electron chi connectivity index (χ0n) is 20.4. The Bertz CT molecular complexity index is 1860. The monoisotopic (exact) mass is 490 g/mol. The van der Waals surface area contributed by atoms with E-state index in [0.717, 1.165) is 61.8 Å². The van der Waals surface area contributed by atoms with Crippen molar-refractivity contribution in [2.24, 2.45) is 0 Å². The molecule has 0 unspecified atom stereocenters. The van der Waals surface area contributed by atoms with Crippen LogP contribution in [0.4, 0.5) is 11.5 Å². The Morgan fingerprint density at radius 2 is 1.39 bits per heavy atom. The van der Waals surface area contributed by atoms with Gasteiger partial charge in [-0.25, -0.2) is 15.0 Å². The van der Waals surface area contributed by atoms with Crippen LogP contribution >= 0.6 is 0 Å². The molecule has 0 amide bonds. The fourth-order valence-corrected chi connectivity index (χ4v) is 4.87. The van der Waals surface area contributed by atoms with Gasteiger partial charge >= 0.3 is 0 Å². The van der Waals surface area contributed by atoms with Crippen LogP contribution in [0.2, 0.25) is 0 Å². The standard InChI is InChI=1S/C32H22N6/c1-3-13-26(23(10-1)22-9-7-19-33-21-22)35-30-17-5-14-27(36-30)28-15-6-18-31(37-28)38-29-16-4-2-11-24(29)25-12-8-20-34-32(25)38/h1-21H,(H,35,36). The fraction of sp³-hybridized carbons (Fsp3) is 0. The minimum absolute atomic E-state index is 0.740. The predicted octanol–water partition coefficient (Wildman–Crippen LogP) is 7.44. The second kappa shape index (κ2) is 9.26. The molecule has 0 radical (unpaired) electrons. The molecule has 0 aliphatic rings. The van der Waals surface area contributed by atoms with Gasteiger partial charge in [0.15, 0.2) is 0 Å². The van der Waals surface area contributed by atoms with Crippen LogP contribution in [0.3, 0.4) is 0 Å². The first-order valence-electron chi connectivity index (χ1n) is 12.4. The maximum atomic E-state index is 5.02. The predicted molar refractivity (Wildman–Crippen MR) is 153 cm³/mol. The van der Waals surface area contributed by atoms with Crippen molar-refractivity contribution in [3.8, 4) is 28.3 Å². The van der Waals surface area contributed by atoms with Gasteiger partial charge in [0.2, 0.25) is 0 Å². The topological polar surface area (TPSA) is 68.5 Å². The minimum Gasteiger partial charge on any atom is -0.340 e. The first-order chi connectivity index (χ1) is 18.8. The molecule has 0 saturated heterocycles. The summed E-state index contributed by atoms with van der Waals surface area (Å²) in [6.45, 7) is 0. The van der Waals surface area contributed by atoms with Crippen molar-refractivity contribution >= 4 is 33.4 Å². The third-order valence-electron chi connectivity index (χ3n) is 6.57. The molecule has 0 bridgehead atoms. The number of anilines is 2. The zero-order chi connectivity index (χ0) is 25.3. The normalized spacial score (nSPS) is 11.2. The van der Waals surface area contributed by atoms with Crippen molar-refractivity contribution in [3.05, 3.63) is 128 Å². The molecule has 0 aliphatic heterocycles. The summed E-state index contributed by atoms with van der Waals surface area (Å²) < 4.78 is 2.11. The molecule has 0 spiro atoms. The lowest BCUT2D eigenvalue weighted by Gasteiger charge is -2.13. The molecule has 6 nitrogen and oxygen atoms in total. The quantitative estimate of drug-likeness (QED) is 0.272. The molecule has 0 fully saturated rings. The highest BCUT2D eigenvalue weighted by Crippen LogP contribution is 2.32. The van der Waals surface area contributed by atoms with Gasteiger partial charge in [0.1, 0.15) is 17.3 Å². The summed E-state index contributed by atoms with van der Waals surface area (Å²) in [5.41, 5.74) is 6.59. The summed E-state index contributed by atoms with van der Waals surface area (Å²) in [5.74, 6) is 1.54. The Kier molecular flexibility index (Phi) is 5.33. The van der Waals surface area contributed by atoms with Crippen LogP contribution in [0, 0.1) is 0 Å². The van der Waals surface area contributed by atoms with Gasteiger partial charge in [-0.2, -0.15) is 0 Å². The van der Waals surface area contributed by atoms with E-state index in [9.17, 15) is 0 Å². The molecule has 0 atom stereocenters. The summed E-state index contributed by atoms with van der Waals surface area (Å²) in [5, 5.41) is 5.75. The first-order valence-corrected chi connectivity index (χ1v) is 12.4. The van der Waals surface area contributed by atoms with Crippen LogP contribution < -0.4 is 5.32 Å². The minimum atomic E-state index is 0.740. The molecule has 1 N–H and O–H groups in total. The van der Waals surface area contributed by atoms with Crippen molar-refractivity contribution in [1.29, 1.82) is 0 Å². The molecule has 2 aromatic carbocycles. The fourth-order valence-electron chi connectivity index (χ4n) is 4.87. The maximum absolute atomic E-state index is 5.02. The third-order valence-corrected chi connectivity index (χ3v) is 6.57. The lowest BCUT2D eigenvalue weighted by molar-refractivity contribution is 1.05. The largest absolute Gasteiger partial charge is 0.340 e. The maximum Gasteiger partial charge on any atom is 0.146 e. The Labute approximate surface area is 219 Å². The molecule has 0 saturated carbocycles. The van der Waals surface area contributed by atoms with Gasteiger partial charge in [-0.1, -0.05) is 54.6 Å². The molecular weight excluding hydrogens is 468 g/mol. The Hall–Kier alpha value is -5.36. The number of nitrogens with one attached hydrogen (secondary N) is 1. The Morgan fingerprint density at radius 3 is 2.32 bits per heavy atom. The third kappa shape index (κ3) is 3.85. The Balaban J connectivity index is 1.28. The van der Waals surface area contributed by atoms with E-state index in [1.807, 2.05) is 85.2 Å². The number of benzene rings is 2. The van der Waals surface area contributed by atoms with Crippen LogP contribution in [0.25, 0.3) is 50.3 Å². The first kappa shape index (κ1) is 21.9. The highest BCUT2D eigenvalue weighted by Gasteiger charge is 2.14. The number of aromatic nitrogens is 5. The Morgan fingerprint density at radius 1 is 0.605 bits per heavy atom. The SMILES string of the molecule is c1cncc(-c2ccccc2Nc2cccc(-c3cccc(-n4c5ccccc5c5cccnc54)n3)n2)c1. The zero-order valence-corrected chi connectivity index (χ0v) is 20.4. The van der Waals surface area contributed by atoms with Crippen LogP contribution in [-0.2, 0) is 0 Å². The highest BCUT2D eigenvalue weighted by molar-refractivity contribution is 6.07. The van der Waals surface area contributed by atoms with Gasteiger partial charge in [-0.15, -0.1) is 0 Å². The number of para-hydroxylation sites is 2. The summed E-state index contributed by atoms with van der Waals surface area (Å²) in [6.07, 6.45) is 5.46. The summed E-state index contributed by atoms with van der Waals surface area (Å²) in [7, 11) is 0. The lowest BCUT2D eigenvalue weighted by Crippen LogP contribution is -2.01. The van der Waals surface area contributed by atoms with E-state index in [1.165, 1.54) is 0 Å². The van der Waals surface area contributed by atoms with E-state index in [0.29, 0.717) is 0 Å². The van der Waals surface area contributed by atoms with Gasteiger partial charge in [0.05, 0.1) is 16.9 Å². The number of rotatable bonds is 5. The lowest BCUT2D eigenvalue weighted by atomic mass is 10.1. The number of nitrogens with zero attached hydrogens (tertiary/aromatic N) is 5. The molecule has 5 heterocycles. The van der Waals surface area contributed by atoms with Gasteiger partial charge in [-0.3, -0.25) is 9.55 Å². The molecule has 7 rings (SSSR count). The summed E-state index contributed by atoms with van der Waals surface area (Å²) in [6, 6.07) is 36.5. The van der Waals surface area contributed by atoms with Gasteiger partial charge in [-0.05, 0) is 54.6 Å². The average Bonchev–Trinajstić information content (AvgIpc) is 3.33. The van der Waals surface area contributed by atoms with E-state index < -0.39 is 0 Å². The second-order valence-corrected chi connectivity index (χ2v) is 8.93. The molecule has 5 aromatic heterocycles. The van der Waals surface area contributed by atoms with Crippen molar-refractivity contribution < 1.29 is 0 Å². The van der Waals surface area contributed by atoms with Crippen LogP contribution in [0.15, 0.2) is 128 Å². The summed E-state index contributed by atoms with van der Waals surface area (Å²) in [4.78, 5) is 18.9. The van der Waals surface area contributed by atoms with Crippen LogP contribution in [0.5, 0.6) is 0 Å². The number of fused-ring (bicyclic) bond motifs is 3. The molecule has 38 heavy (non-hydrogen) atoms. The van der Waals surface area contributed by atoms with Gasteiger partial charge < -0.3 is 5.32 Å². The molecule has 0 aliphatic carbocycles. The highest BCUT2D eigenvalue weighted by atomic mass is 15.1. The summed E-state index contributed by atoms with van der Waals surface area (Å²) >= 11 is 0. The molecule has 6 heteroatoms. The number of pyridine rings is 4. The van der Waals surface area contributed by atoms with Gasteiger partial charge in [0, 0.05) is 46.2 Å².